The normalized spacial score (nSPS) is 9.09. The summed E-state index contributed by atoms with van der Waals surface area (Å²) < 4.78 is 0. The molecule has 0 saturated heterocycles. The highest BCUT2D eigenvalue weighted by Crippen LogP contribution is 1.87. The van der Waals surface area contributed by atoms with E-state index >= 15 is 0 Å². The van der Waals surface area contributed by atoms with E-state index in [1.54, 1.807) is 0 Å². The predicted octanol–water partition coefficient (Wildman–Crippen LogP) is 1.55. The quantitative estimate of drug-likeness (QED) is 0.134. The molecule has 35 heavy (non-hydrogen) atoms. The summed E-state index contributed by atoms with van der Waals surface area (Å²) >= 11 is 3.65. The van der Waals surface area contributed by atoms with Crippen molar-refractivity contribution in [2.24, 2.45) is 5.73 Å². The van der Waals surface area contributed by atoms with Crippen LogP contribution in [0.2, 0.25) is 0 Å². The van der Waals surface area contributed by atoms with Crippen LogP contribution in [0.1, 0.15) is 77.0 Å². The summed E-state index contributed by atoms with van der Waals surface area (Å²) in [4.78, 5) is 86.3. The maximum Gasteiger partial charge on any atom is 0.321 e. The number of thiol groups is 1. The highest BCUT2D eigenvalue weighted by Gasteiger charge is 2.06. The van der Waals surface area contributed by atoms with Gasteiger partial charge in [0.15, 0.2) is 0 Å². The molecule has 12 heteroatoms. The molecular formula is C23H39NO10S. The first-order chi connectivity index (χ1) is 16.8. The van der Waals surface area contributed by atoms with Gasteiger partial charge in [0.05, 0.1) is 0 Å². The third kappa shape index (κ3) is 72.2. The molecule has 0 aliphatic heterocycles. The van der Waals surface area contributed by atoms with Crippen molar-refractivity contribution < 1.29 is 48.3 Å². The Bertz CT molecular complexity index is 426. The van der Waals surface area contributed by atoms with Crippen LogP contribution in [-0.4, -0.2) is 73.2 Å². The van der Waals surface area contributed by atoms with Crippen molar-refractivity contribution >= 4 is 68.9 Å². The van der Waals surface area contributed by atoms with Gasteiger partial charge in [0.1, 0.15) is 56.3 Å². The number of rotatable bonds is 18. The monoisotopic (exact) mass is 521 g/mol. The third-order valence-corrected chi connectivity index (χ3v) is 3.48. The SMILES string of the molecule is N[C@@H](CS)C(=O)O.O=CCCCC=O.O=CCCCC=O.O=CCCCC=O.O=CCCCC=O. The minimum absolute atomic E-state index is 0.190. The Morgan fingerprint density at radius 3 is 0.771 bits per heavy atom. The van der Waals surface area contributed by atoms with Crippen LogP contribution < -0.4 is 5.73 Å². The van der Waals surface area contributed by atoms with Gasteiger partial charge < -0.3 is 49.2 Å². The second kappa shape index (κ2) is 48.5. The van der Waals surface area contributed by atoms with Crippen molar-refractivity contribution in [2.45, 2.75) is 83.1 Å². The number of hydrogen-bond donors (Lipinski definition) is 3. The second-order valence-electron chi connectivity index (χ2n) is 6.18. The standard InChI is InChI=1S/4C5H8O2.C3H7NO2S/c4*6-4-2-1-3-5-7;4-2(1-7)3(5)6/h4*4-5H,1-3H2;2,7H,1,4H2,(H,5,6)/t;;;;2-/m....0/s1. The molecule has 0 rings (SSSR count). The van der Waals surface area contributed by atoms with Crippen molar-refractivity contribution in [1.82, 2.24) is 0 Å². The van der Waals surface area contributed by atoms with E-state index in [9.17, 15) is 43.2 Å². The molecule has 11 nitrogen and oxygen atoms in total. The molecule has 202 valence electrons. The fraction of sp³-hybridized carbons (Fsp3) is 0.609. The van der Waals surface area contributed by atoms with Crippen LogP contribution in [-0.2, 0) is 43.2 Å². The summed E-state index contributed by atoms with van der Waals surface area (Å²) in [5.74, 6) is -0.815. The second-order valence-corrected chi connectivity index (χ2v) is 6.55. The molecule has 0 aromatic heterocycles. The van der Waals surface area contributed by atoms with Gasteiger partial charge in [0.2, 0.25) is 0 Å². The summed E-state index contributed by atoms with van der Waals surface area (Å²) in [7, 11) is 0. The van der Waals surface area contributed by atoms with E-state index in [2.05, 4.69) is 12.6 Å². The van der Waals surface area contributed by atoms with E-state index in [4.69, 9.17) is 10.8 Å². The van der Waals surface area contributed by atoms with Crippen molar-refractivity contribution in [1.29, 1.82) is 0 Å². The number of carboxylic acid groups (broad SMARTS) is 1. The molecule has 0 aromatic carbocycles. The molecule has 1 atom stereocenters. The van der Waals surface area contributed by atoms with Crippen LogP contribution in [0.25, 0.3) is 0 Å². The van der Waals surface area contributed by atoms with Crippen LogP contribution in [0, 0.1) is 0 Å². The van der Waals surface area contributed by atoms with E-state index in [0.717, 1.165) is 50.3 Å². The Labute approximate surface area is 212 Å². The lowest BCUT2D eigenvalue weighted by atomic mass is 10.3. The van der Waals surface area contributed by atoms with Gasteiger partial charge >= 0.3 is 5.97 Å². The van der Waals surface area contributed by atoms with Gasteiger partial charge in [-0.25, -0.2) is 0 Å². The number of hydrogen-bond acceptors (Lipinski definition) is 11. The maximum atomic E-state index is 9.76. The largest absolute Gasteiger partial charge is 0.480 e. The lowest BCUT2D eigenvalue weighted by molar-refractivity contribution is -0.138. The van der Waals surface area contributed by atoms with Crippen LogP contribution in [0.5, 0.6) is 0 Å². The summed E-state index contributed by atoms with van der Waals surface area (Å²) in [5.41, 5.74) is 4.94. The molecule has 0 unspecified atom stereocenters. The Hall–Kier alpha value is -2.86. The molecule has 0 amide bonds. The molecule has 0 aromatic rings. The average Bonchev–Trinajstić information content (AvgIpc) is 2.86. The van der Waals surface area contributed by atoms with Crippen molar-refractivity contribution in [2.75, 3.05) is 5.75 Å². The average molecular weight is 522 g/mol. The molecular weight excluding hydrogens is 482 g/mol. The Balaban J connectivity index is -0.000000107. The number of carbonyl (C=O) groups excluding carboxylic acids is 8. The Morgan fingerprint density at radius 1 is 0.543 bits per heavy atom. The molecule has 0 heterocycles. The summed E-state index contributed by atoms with van der Waals surface area (Å²) in [5, 5.41) is 8.01. The maximum absolute atomic E-state index is 9.76. The van der Waals surface area contributed by atoms with Crippen LogP contribution in [0.4, 0.5) is 0 Å². The third-order valence-electron chi connectivity index (χ3n) is 3.09. The first-order valence-electron chi connectivity index (χ1n) is 10.9. The number of unbranched alkanes of at least 4 members (excludes halogenated alkanes) is 8. The minimum Gasteiger partial charge on any atom is -0.480 e. The van der Waals surface area contributed by atoms with E-state index in [0.29, 0.717) is 77.0 Å². The lowest BCUT2D eigenvalue weighted by Crippen LogP contribution is -2.31. The van der Waals surface area contributed by atoms with Gasteiger partial charge in [-0.3, -0.25) is 4.79 Å². The first kappa shape index (κ1) is 42.3. The van der Waals surface area contributed by atoms with Gasteiger partial charge in [0.25, 0.3) is 0 Å². The predicted molar refractivity (Wildman–Crippen MR) is 133 cm³/mol. The highest BCUT2D eigenvalue weighted by atomic mass is 32.1. The van der Waals surface area contributed by atoms with Gasteiger partial charge in [-0.1, -0.05) is 0 Å². The molecule has 0 spiro atoms. The summed E-state index contributed by atoms with van der Waals surface area (Å²) in [6, 6.07) is -0.816. The zero-order chi connectivity index (χ0) is 28.0. The lowest BCUT2D eigenvalue weighted by Gasteiger charge is -1.96. The fourth-order valence-electron chi connectivity index (χ4n) is 1.22. The molecule has 0 radical (unpaired) electrons. The molecule has 3 N–H and O–H groups in total. The molecule has 0 fully saturated rings. The number of carboxylic acids is 1. The smallest absolute Gasteiger partial charge is 0.321 e. The molecule has 0 aliphatic carbocycles. The summed E-state index contributed by atoms with van der Waals surface area (Å²) in [6.07, 6.45) is 13.5. The van der Waals surface area contributed by atoms with Crippen LogP contribution >= 0.6 is 12.6 Å². The van der Waals surface area contributed by atoms with Gasteiger partial charge in [0, 0.05) is 57.1 Å². The number of aldehydes is 8. The number of aliphatic carboxylic acids is 1. The van der Waals surface area contributed by atoms with Crippen molar-refractivity contribution in [3.63, 3.8) is 0 Å². The van der Waals surface area contributed by atoms with Crippen LogP contribution in [0.3, 0.4) is 0 Å². The van der Waals surface area contributed by atoms with Gasteiger partial charge in [-0.2, -0.15) is 12.6 Å². The van der Waals surface area contributed by atoms with E-state index < -0.39 is 12.0 Å². The molecule has 0 bridgehead atoms. The fourth-order valence-corrected chi connectivity index (χ4v) is 1.37. The van der Waals surface area contributed by atoms with E-state index in [1.165, 1.54) is 0 Å². The highest BCUT2D eigenvalue weighted by molar-refractivity contribution is 7.80. The first-order valence-corrected chi connectivity index (χ1v) is 11.6. The van der Waals surface area contributed by atoms with Gasteiger partial charge in [-0.15, -0.1) is 0 Å². The van der Waals surface area contributed by atoms with Crippen LogP contribution in [0.15, 0.2) is 0 Å². The van der Waals surface area contributed by atoms with E-state index in [1.807, 2.05) is 0 Å². The zero-order valence-corrected chi connectivity index (χ0v) is 20.9. The molecule has 0 saturated carbocycles. The molecule has 0 aliphatic rings. The zero-order valence-electron chi connectivity index (χ0n) is 20.0. The van der Waals surface area contributed by atoms with E-state index in [-0.39, 0.29) is 5.75 Å². The minimum atomic E-state index is -1.00. The Morgan fingerprint density at radius 2 is 0.714 bits per heavy atom. The summed E-state index contributed by atoms with van der Waals surface area (Å²) in [6.45, 7) is 0. The van der Waals surface area contributed by atoms with Crippen molar-refractivity contribution in [3.8, 4) is 0 Å². The Kier molecular flexibility index (Phi) is 58.7. The topological polar surface area (TPSA) is 200 Å². The number of carbonyl (C=O) groups is 9. The van der Waals surface area contributed by atoms with Gasteiger partial charge in [-0.05, 0) is 25.7 Å². The number of nitrogens with two attached hydrogens (primary N) is 1. The van der Waals surface area contributed by atoms with Crippen molar-refractivity contribution in [3.05, 3.63) is 0 Å².